The molecule has 0 unspecified atom stereocenters. The third-order valence-electron chi connectivity index (χ3n) is 4.78. The average Bonchev–Trinajstić information content (AvgIpc) is 2.81. The molecule has 11 heteroatoms. The van der Waals surface area contributed by atoms with Crippen molar-refractivity contribution in [2.24, 2.45) is 5.10 Å². The van der Waals surface area contributed by atoms with Gasteiger partial charge in [0.1, 0.15) is 17.8 Å². The molecule has 0 saturated carbocycles. The van der Waals surface area contributed by atoms with Crippen LogP contribution in [0, 0.1) is 10.1 Å². The first kappa shape index (κ1) is 23.7. The highest BCUT2D eigenvalue weighted by Crippen LogP contribution is 2.27. The Morgan fingerprint density at radius 2 is 1.91 bits per heavy atom. The van der Waals surface area contributed by atoms with Crippen LogP contribution in [-0.4, -0.2) is 25.8 Å². The number of benzene rings is 2. The van der Waals surface area contributed by atoms with Crippen LogP contribution >= 0.6 is 31.9 Å². The minimum Gasteiger partial charge on any atom is -0.438 e. The van der Waals surface area contributed by atoms with Crippen LogP contribution in [0.25, 0.3) is 10.9 Å². The van der Waals surface area contributed by atoms with Gasteiger partial charge in [0.25, 0.3) is 11.2 Å². The number of hydrogen-bond acceptors (Lipinski definition) is 7. The molecule has 4 rings (SSSR count). The molecule has 0 aliphatic carbocycles. The lowest BCUT2D eigenvalue weighted by atomic mass is 10.2. The molecule has 9 nitrogen and oxygen atoms in total. The molecule has 0 aliphatic rings. The molecule has 0 bridgehead atoms. The molecule has 0 atom stereocenters. The number of nitro groups is 1. The van der Waals surface area contributed by atoms with E-state index in [0.717, 1.165) is 21.6 Å². The summed E-state index contributed by atoms with van der Waals surface area (Å²) in [5.41, 5.74) is 0.765. The molecule has 0 spiro atoms. The molecule has 2 aromatic heterocycles. The van der Waals surface area contributed by atoms with Crippen LogP contribution in [0.1, 0.15) is 24.7 Å². The second-order valence-electron chi connectivity index (χ2n) is 7.20. The fourth-order valence-corrected chi connectivity index (χ4v) is 3.93. The van der Waals surface area contributed by atoms with Crippen molar-refractivity contribution in [1.29, 1.82) is 0 Å². The summed E-state index contributed by atoms with van der Waals surface area (Å²) >= 11 is 6.83. The highest BCUT2D eigenvalue weighted by atomic mass is 79.9. The second-order valence-corrected chi connectivity index (χ2v) is 9.03. The first-order valence-electron chi connectivity index (χ1n) is 10.2. The number of fused-ring (bicyclic) bond motifs is 1. The van der Waals surface area contributed by atoms with Gasteiger partial charge in [0.15, 0.2) is 0 Å². The normalized spacial score (nSPS) is 11.3. The van der Waals surface area contributed by atoms with Crippen molar-refractivity contribution in [3.05, 3.63) is 95.5 Å². The molecular formula is C23H17Br2N5O4. The maximum Gasteiger partial charge on any atom is 0.287 e. The molecule has 0 saturated heterocycles. The first-order valence-corrected chi connectivity index (χ1v) is 11.8. The first-order chi connectivity index (χ1) is 16.4. The molecule has 4 aromatic rings. The molecular weight excluding hydrogens is 570 g/mol. The van der Waals surface area contributed by atoms with Gasteiger partial charge < -0.3 is 4.74 Å². The van der Waals surface area contributed by atoms with E-state index in [1.165, 1.54) is 23.0 Å². The number of rotatable bonds is 7. The number of aryl methyl sites for hydroxylation is 1. The molecule has 0 N–H and O–H groups in total. The van der Waals surface area contributed by atoms with Crippen LogP contribution in [0.3, 0.4) is 0 Å². The summed E-state index contributed by atoms with van der Waals surface area (Å²) in [6, 6.07) is 13.4. The molecule has 0 radical (unpaired) electrons. The van der Waals surface area contributed by atoms with Gasteiger partial charge in [-0.05, 0) is 42.8 Å². The minimum absolute atomic E-state index is 0.136. The van der Waals surface area contributed by atoms with E-state index in [9.17, 15) is 14.9 Å². The molecule has 0 amide bonds. The van der Waals surface area contributed by atoms with Gasteiger partial charge in [0, 0.05) is 33.1 Å². The van der Waals surface area contributed by atoms with Crippen LogP contribution < -0.4 is 10.3 Å². The summed E-state index contributed by atoms with van der Waals surface area (Å²) in [7, 11) is 0. The Morgan fingerprint density at radius 3 is 2.62 bits per heavy atom. The van der Waals surface area contributed by atoms with Crippen LogP contribution in [0.2, 0.25) is 0 Å². The lowest BCUT2D eigenvalue weighted by Crippen LogP contribution is -2.22. The Bertz CT molecular complexity index is 1470. The summed E-state index contributed by atoms with van der Waals surface area (Å²) in [6.45, 7) is 2.00. The summed E-state index contributed by atoms with van der Waals surface area (Å²) in [4.78, 5) is 32.1. The summed E-state index contributed by atoms with van der Waals surface area (Å²) in [5, 5.41) is 15.7. The molecule has 34 heavy (non-hydrogen) atoms. The zero-order valence-corrected chi connectivity index (χ0v) is 21.0. The number of hydrogen-bond donors (Lipinski definition) is 0. The van der Waals surface area contributed by atoms with Crippen LogP contribution in [0.15, 0.2) is 73.6 Å². The molecule has 0 aliphatic heterocycles. The molecule has 172 valence electrons. The molecule has 2 heterocycles. The van der Waals surface area contributed by atoms with Gasteiger partial charge in [-0.1, -0.05) is 38.8 Å². The largest absolute Gasteiger partial charge is 0.438 e. The Morgan fingerprint density at radius 1 is 1.15 bits per heavy atom. The predicted octanol–water partition coefficient (Wildman–Crippen LogP) is 5.85. The SMILES string of the molecule is CCCc1nc2ccc(Br)cc2c(=O)n1N=Cc1cc(Br)ccc1Oc1ccc([N+](=O)[O-])cn1. The van der Waals surface area contributed by atoms with Gasteiger partial charge in [0.05, 0.1) is 22.0 Å². The lowest BCUT2D eigenvalue weighted by Gasteiger charge is -2.10. The maximum absolute atomic E-state index is 13.2. The fraction of sp³-hybridized carbons (Fsp3) is 0.130. The van der Waals surface area contributed by atoms with E-state index in [4.69, 9.17) is 4.74 Å². The van der Waals surface area contributed by atoms with Crippen LogP contribution in [-0.2, 0) is 6.42 Å². The monoisotopic (exact) mass is 585 g/mol. The van der Waals surface area contributed by atoms with E-state index in [0.29, 0.717) is 34.5 Å². The summed E-state index contributed by atoms with van der Waals surface area (Å²) in [6.07, 6.45) is 4.00. The summed E-state index contributed by atoms with van der Waals surface area (Å²) in [5.74, 6) is 1.14. The van der Waals surface area contributed by atoms with E-state index >= 15 is 0 Å². The highest BCUT2D eigenvalue weighted by molar-refractivity contribution is 9.10. The number of aromatic nitrogens is 3. The minimum atomic E-state index is -0.531. The molecule has 0 fully saturated rings. The summed E-state index contributed by atoms with van der Waals surface area (Å²) < 4.78 is 8.68. The maximum atomic E-state index is 13.2. The van der Waals surface area contributed by atoms with E-state index in [1.807, 2.05) is 13.0 Å². The Hall–Kier alpha value is -3.44. The van der Waals surface area contributed by atoms with Crippen molar-refractivity contribution in [3.63, 3.8) is 0 Å². The smallest absolute Gasteiger partial charge is 0.287 e. The van der Waals surface area contributed by atoms with Gasteiger partial charge in [-0.15, -0.1) is 0 Å². The molecule has 2 aromatic carbocycles. The van der Waals surface area contributed by atoms with Crippen molar-refractivity contribution in [1.82, 2.24) is 14.6 Å². The average molecular weight is 587 g/mol. The third kappa shape index (κ3) is 5.20. The Balaban J connectivity index is 1.74. The fourth-order valence-electron chi connectivity index (χ4n) is 3.19. The van der Waals surface area contributed by atoms with Gasteiger partial charge >= 0.3 is 0 Å². The number of ether oxygens (including phenoxy) is 1. The van der Waals surface area contributed by atoms with Crippen LogP contribution in [0.5, 0.6) is 11.6 Å². The Labute approximate surface area is 210 Å². The van der Waals surface area contributed by atoms with Gasteiger partial charge in [0.2, 0.25) is 5.88 Å². The zero-order valence-electron chi connectivity index (χ0n) is 17.8. The number of pyridine rings is 1. The van der Waals surface area contributed by atoms with Gasteiger partial charge in [-0.2, -0.15) is 9.78 Å². The van der Waals surface area contributed by atoms with Crippen molar-refractivity contribution < 1.29 is 9.66 Å². The zero-order chi connectivity index (χ0) is 24.2. The van der Waals surface area contributed by atoms with E-state index in [1.54, 1.807) is 30.3 Å². The highest BCUT2D eigenvalue weighted by Gasteiger charge is 2.12. The van der Waals surface area contributed by atoms with E-state index in [-0.39, 0.29) is 17.1 Å². The van der Waals surface area contributed by atoms with Gasteiger partial charge in [-0.25, -0.2) is 9.97 Å². The van der Waals surface area contributed by atoms with Crippen LogP contribution in [0.4, 0.5) is 5.69 Å². The quantitative estimate of drug-likeness (QED) is 0.152. The van der Waals surface area contributed by atoms with Gasteiger partial charge in [-0.3, -0.25) is 14.9 Å². The van der Waals surface area contributed by atoms with Crippen molar-refractivity contribution >= 4 is 54.7 Å². The van der Waals surface area contributed by atoms with Crippen molar-refractivity contribution in [2.75, 3.05) is 0 Å². The van der Waals surface area contributed by atoms with Crippen molar-refractivity contribution in [2.45, 2.75) is 19.8 Å². The predicted molar refractivity (Wildman–Crippen MR) is 136 cm³/mol. The van der Waals surface area contributed by atoms with Crippen molar-refractivity contribution in [3.8, 4) is 11.6 Å². The lowest BCUT2D eigenvalue weighted by molar-refractivity contribution is -0.385. The number of halogens is 2. The Kier molecular flexibility index (Phi) is 7.13. The third-order valence-corrected chi connectivity index (χ3v) is 5.77. The number of nitrogens with zero attached hydrogens (tertiary/aromatic N) is 5. The van der Waals surface area contributed by atoms with E-state index in [2.05, 4.69) is 46.9 Å². The topological polar surface area (TPSA) is 113 Å². The second kappa shape index (κ2) is 10.2. The van der Waals surface area contributed by atoms with E-state index < -0.39 is 4.92 Å². The standard InChI is InChI=1S/C23H17Br2N5O4/c1-2-3-21-28-19-7-4-16(25)11-18(19)23(31)29(21)27-12-14-10-15(24)5-8-20(14)34-22-9-6-17(13-26-22)30(32)33/h4-13H,2-3H2,1H3.